The summed E-state index contributed by atoms with van der Waals surface area (Å²) in [6.07, 6.45) is -0.870. The van der Waals surface area contributed by atoms with Crippen LogP contribution in [0, 0.1) is 0 Å². The number of aliphatic carboxylic acids is 1. The van der Waals surface area contributed by atoms with Crippen molar-refractivity contribution in [2.75, 3.05) is 7.05 Å². The predicted octanol–water partition coefficient (Wildman–Crippen LogP) is 1.98. The molecule has 1 aromatic rings. The summed E-state index contributed by atoms with van der Waals surface area (Å²) in [5.74, 6) is -1.28. The summed E-state index contributed by atoms with van der Waals surface area (Å²) in [6, 6.07) is 6.50. The third-order valence-corrected chi connectivity index (χ3v) is 3.59. The second kappa shape index (κ2) is 6.60. The zero-order valence-corrected chi connectivity index (χ0v) is 13.4. The minimum atomic E-state index is -1.34. The molecule has 6 heteroatoms. The van der Waals surface area contributed by atoms with Gasteiger partial charge in [-0.15, -0.1) is 0 Å². The van der Waals surface area contributed by atoms with Gasteiger partial charge in [-0.2, -0.15) is 0 Å². The fraction of sp³-hybridized carbons (Fsp3) is 0.438. The highest BCUT2D eigenvalue weighted by molar-refractivity contribution is 5.94. The van der Waals surface area contributed by atoms with Crippen molar-refractivity contribution in [1.29, 1.82) is 0 Å². The summed E-state index contributed by atoms with van der Waals surface area (Å²) in [7, 11) is 1.42. The molecule has 0 aliphatic carbocycles. The maximum atomic E-state index is 12.3. The first-order valence-corrected chi connectivity index (χ1v) is 6.86. The van der Waals surface area contributed by atoms with Crippen molar-refractivity contribution < 1.29 is 24.2 Å². The fourth-order valence-corrected chi connectivity index (χ4v) is 1.73. The molecule has 22 heavy (non-hydrogen) atoms. The van der Waals surface area contributed by atoms with E-state index in [9.17, 15) is 14.4 Å². The molecule has 0 radical (unpaired) electrons. The standard InChI is InChI=1S/C16H21NO5/c1-10(18)12-7-6-8-13(9-12)22-11(2)14(19)17(5)16(3,4)15(20)21/h6-9,11H,1-5H3,(H,20,21). The van der Waals surface area contributed by atoms with E-state index in [-0.39, 0.29) is 5.78 Å². The number of hydrogen-bond donors (Lipinski definition) is 1. The van der Waals surface area contributed by atoms with Gasteiger partial charge in [0.2, 0.25) is 0 Å². The fourth-order valence-electron chi connectivity index (χ4n) is 1.73. The number of ketones is 1. The summed E-state index contributed by atoms with van der Waals surface area (Å²) in [5.41, 5.74) is -0.855. The lowest BCUT2D eigenvalue weighted by Crippen LogP contribution is -2.54. The van der Waals surface area contributed by atoms with Crippen LogP contribution in [0.25, 0.3) is 0 Å². The van der Waals surface area contributed by atoms with Gasteiger partial charge in [-0.3, -0.25) is 9.59 Å². The quantitative estimate of drug-likeness (QED) is 0.812. The van der Waals surface area contributed by atoms with Gasteiger partial charge in [0.25, 0.3) is 5.91 Å². The Hall–Kier alpha value is -2.37. The van der Waals surface area contributed by atoms with Gasteiger partial charge >= 0.3 is 5.97 Å². The highest BCUT2D eigenvalue weighted by atomic mass is 16.5. The molecule has 6 nitrogen and oxygen atoms in total. The zero-order chi connectivity index (χ0) is 17.1. The Kier molecular flexibility index (Phi) is 5.30. The molecule has 1 atom stereocenters. The highest BCUT2D eigenvalue weighted by Gasteiger charge is 2.37. The van der Waals surface area contributed by atoms with Crippen molar-refractivity contribution in [3.63, 3.8) is 0 Å². The number of carbonyl (C=O) groups is 3. The second-order valence-corrected chi connectivity index (χ2v) is 5.61. The molecule has 1 rings (SSSR count). The number of hydrogen-bond acceptors (Lipinski definition) is 4. The molecule has 1 aromatic carbocycles. The average molecular weight is 307 g/mol. The molecule has 0 spiro atoms. The normalized spacial score (nSPS) is 12.4. The number of Topliss-reactive ketones (excluding diaryl/α,β-unsaturated/α-hetero) is 1. The third-order valence-electron chi connectivity index (χ3n) is 3.59. The van der Waals surface area contributed by atoms with Crippen LogP contribution in [-0.2, 0) is 9.59 Å². The minimum absolute atomic E-state index is 0.103. The summed E-state index contributed by atoms with van der Waals surface area (Å²) in [6.45, 7) is 5.86. The number of rotatable bonds is 6. The maximum absolute atomic E-state index is 12.3. The van der Waals surface area contributed by atoms with Crippen LogP contribution in [0.1, 0.15) is 38.1 Å². The maximum Gasteiger partial charge on any atom is 0.329 e. The van der Waals surface area contributed by atoms with Gasteiger partial charge in [0.1, 0.15) is 11.3 Å². The van der Waals surface area contributed by atoms with Crippen LogP contribution in [0.2, 0.25) is 0 Å². The van der Waals surface area contributed by atoms with Crippen molar-refractivity contribution >= 4 is 17.7 Å². The van der Waals surface area contributed by atoms with Crippen LogP contribution in [0.3, 0.4) is 0 Å². The van der Waals surface area contributed by atoms with Gasteiger partial charge in [0.15, 0.2) is 11.9 Å². The third kappa shape index (κ3) is 3.84. The van der Waals surface area contributed by atoms with E-state index in [2.05, 4.69) is 0 Å². The first-order valence-electron chi connectivity index (χ1n) is 6.86. The monoisotopic (exact) mass is 307 g/mol. The van der Waals surface area contributed by atoms with E-state index in [0.29, 0.717) is 11.3 Å². The Balaban J connectivity index is 2.86. The van der Waals surface area contributed by atoms with Crippen LogP contribution >= 0.6 is 0 Å². The number of likely N-dealkylation sites (N-methyl/N-ethyl adjacent to an activating group) is 1. The van der Waals surface area contributed by atoms with Crippen LogP contribution < -0.4 is 4.74 Å². The summed E-state index contributed by atoms with van der Waals surface area (Å²) in [5, 5.41) is 9.16. The molecule has 0 saturated heterocycles. The topological polar surface area (TPSA) is 83.9 Å². The van der Waals surface area contributed by atoms with Crippen molar-refractivity contribution in [2.24, 2.45) is 0 Å². The van der Waals surface area contributed by atoms with Crippen molar-refractivity contribution in [2.45, 2.75) is 39.3 Å². The van der Waals surface area contributed by atoms with E-state index in [4.69, 9.17) is 9.84 Å². The Bertz CT molecular complexity index is 594. The van der Waals surface area contributed by atoms with E-state index in [0.717, 1.165) is 4.90 Å². The molecule has 0 fully saturated rings. The van der Waals surface area contributed by atoms with Crippen LogP contribution in [0.4, 0.5) is 0 Å². The van der Waals surface area contributed by atoms with Crippen molar-refractivity contribution in [1.82, 2.24) is 4.90 Å². The first kappa shape index (κ1) is 17.7. The molecule has 1 N–H and O–H groups in total. The van der Waals surface area contributed by atoms with Gasteiger partial charge in [0.05, 0.1) is 0 Å². The van der Waals surface area contributed by atoms with E-state index < -0.39 is 23.5 Å². The average Bonchev–Trinajstić information content (AvgIpc) is 2.45. The molecule has 1 unspecified atom stereocenters. The molecule has 120 valence electrons. The van der Waals surface area contributed by atoms with E-state index in [1.54, 1.807) is 24.3 Å². The zero-order valence-electron chi connectivity index (χ0n) is 13.4. The molecule has 0 bridgehead atoms. The van der Waals surface area contributed by atoms with Crippen molar-refractivity contribution in [3.8, 4) is 5.75 Å². The smallest absolute Gasteiger partial charge is 0.329 e. The largest absolute Gasteiger partial charge is 0.481 e. The van der Waals surface area contributed by atoms with Crippen LogP contribution in [-0.4, -0.2) is 46.4 Å². The Morgan fingerprint density at radius 1 is 1.27 bits per heavy atom. The molecule has 0 aliphatic rings. The van der Waals surface area contributed by atoms with Crippen molar-refractivity contribution in [3.05, 3.63) is 29.8 Å². The number of carbonyl (C=O) groups excluding carboxylic acids is 2. The number of nitrogens with zero attached hydrogens (tertiary/aromatic N) is 1. The lowest BCUT2D eigenvalue weighted by molar-refractivity contribution is -0.157. The number of carboxylic acids is 1. The lowest BCUT2D eigenvalue weighted by Gasteiger charge is -2.33. The molecular formula is C16H21NO5. The Morgan fingerprint density at radius 3 is 2.36 bits per heavy atom. The van der Waals surface area contributed by atoms with Crippen LogP contribution in [0.15, 0.2) is 24.3 Å². The van der Waals surface area contributed by atoms with Gasteiger partial charge in [0, 0.05) is 12.6 Å². The first-order chi connectivity index (χ1) is 10.1. The van der Waals surface area contributed by atoms with E-state index in [1.807, 2.05) is 0 Å². The summed E-state index contributed by atoms with van der Waals surface area (Å²) in [4.78, 5) is 36.0. The molecular weight excluding hydrogens is 286 g/mol. The predicted molar refractivity (Wildman–Crippen MR) is 81.0 cm³/mol. The Labute approximate surface area is 129 Å². The molecule has 0 aromatic heterocycles. The highest BCUT2D eigenvalue weighted by Crippen LogP contribution is 2.18. The van der Waals surface area contributed by atoms with E-state index in [1.165, 1.54) is 34.7 Å². The molecule has 1 amide bonds. The SMILES string of the molecule is CC(=O)c1cccc(OC(C)C(=O)N(C)C(C)(C)C(=O)O)c1. The lowest BCUT2D eigenvalue weighted by atomic mass is 10.0. The summed E-state index contributed by atoms with van der Waals surface area (Å²) < 4.78 is 5.53. The van der Waals surface area contributed by atoms with Gasteiger partial charge in [-0.25, -0.2) is 4.79 Å². The Morgan fingerprint density at radius 2 is 1.86 bits per heavy atom. The van der Waals surface area contributed by atoms with Crippen LogP contribution in [0.5, 0.6) is 5.75 Å². The number of benzene rings is 1. The summed E-state index contributed by atoms with van der Waals surface area (Å²) >= 11 is 0. The molecule has 0 heterocycles. The number of ether oxygens (including phenoxy) is 1. The van der Waals surface area contributed by atoms with E-state index >= 15 is 0 Å². The number of carboxylic acid groups (broad SMARTS) is 1. The van der Waals surface area contributed by atoms with Gasteiger partial charge in [-0.1, -0.05) is 12.1 Å². The molecule has 0 saturated carbocycles. The van der Waals surface area contributed by atoms with Gasteiger partial charge < -0.3 is 14.7 Å². The minimum Gasteiger partial charge on any atom is -0.481 e. The van der Waals surface area contributed by atoms with Gasteiger partial charge in [-0.05, 0) is 39.8 Å². The second-order valence-electron chi connectivity index (χ2n) is 5.61. The molecule has 0 aliphatic heterocycles. The number of amides is 1.